The van der Waals surface area contributed by atoms with Gasteiger partial charge in [-0.1, -0.05) is 32.9 Å². The molecular formula is C15H29N5. The van der Waals surface area contributed by atoms with Crippen LogP contribution in [0.2, 0.25) is 0 Å². The Morgan fingerprint density at radius 1 is 1.25 bits per heavy atom. The van der Waals surface area contributed by atoms with Gasteiger partial charge in [-0.05, 0) is 18.3 Å². The van der Waals surface area contributed by atoms with Crippen molar-refractivity contribution in [3.8, 4) is 0 Å². The van der Waals surface area contributed by atoms with Crippen LogP contribution >= 0.6 is 0 Å². The van der Waals surface area contributed by atoms with Crippen molar-refractivity contribution in [2.24, 2.45) is 11.8 Å². The van der Waals surface area contributed by atoms with Crippen molar-refractivity contribution in [2.75, 3.05) is 19.6 Å². The van der Waals surface area contributed by atoms with Crippen LogP contribution in [0, 0.1) is 11.8 Å². The first-order valence-electron chi connectivity index (χ1n) is 7.87. The summed E-state index contributed by atoms with van der Waals surface area (Å²) in [6, 6.07) is 0.483. The van der Waals surface area contributed by atoms with Gasteiger partial charge in [0.1, 0.15) is 0 Å². The highest BCUT2D eigenvalue weighted by atomic mass is 15.4. The maximum Gasteiger partial charge on any atom is 0.0964 e. The van der Waals surface area contributed by atoms with Gasteiger partial charge in [0.2, 0.25) is 0 Å². The highest BCUT2D eigenvalue weighted by Gasteiger charge is 2.21. The van der Waals surface area contributed by atoms with Crippen molar-refractivity contribution < 1.29 is 0 Å². The number of hydrogen-bond donors (Lipinski definition) is 1. The van der Waals surface area contributed by atoms with Gasteiger partial charge < -0.3 is 10.2 Å². The summed E-state index contributed by atoms with van der Waals surface area (Å²) in [5.41, 5.74) is 1.03. The number of piperidine rings is 1. The number of hydrogen-bond acceptors (Lipinski definition) is 4. The lowest BCUT2D eigenvalue weighted by atomic mass is 9.92. The first-order chi connectivity index (χ1) is 9.52. The van der Waals surface area contributed by atoms with E-state index in [0.717, 1.165) is 37.2 Å². The highest BCUT2D eigenvalue weighted by Crippen LogP contribution is 2.20. The van der Waals surface area contributed by atoms with Crippen LogP contribution in [0.25, 0.3) is 0 Å². The molecule has 0 amide bonds. The van der Waals surface area contributed by atoms with Crippen LogP contribution < -0.4 is 5.32 Å². The Balaban J connectivity index is 1.76. The Kier molecular flexibility index (Phi) is 5.54. The minimum Gasteiger partial charge on any atom is -0.309 e. The second-order valence-electron chi connectivity index (χ2n) is 6.71. The summed E-state index contributed by atoms with van der Waals surface area (Å²) >= 11 is 0. The fourth-order valence-electron chi connectivity index (χ4n) is 3.06. The van der Waals surface area contributed by atoms with E-state index in [1.807, 2.05) is 4.68 Å². The van der Waals surface area contributed by atoms with E-state index >= 15 is 0 Å². The predicted molar refractivity (Wildman–Crippen MR) is 81.4 cm³/mol. The van der Waals surface area contributed by atoms with Gasteiger partial charge in [-0.15, -0.1) is 5.10 Å². The largest absolute Gasteiger partial charge is 0.309 e. The fourth-order valence-corrected chi connectivity index (χ4v) is 3.06. The van der Waals surface area contributed by atoms with Crippen LogP contribution in [0.4, 0.5) is 0 Å². The van der Waals surface area contributed by atoms with E-state index in [4.69, 9.17) is 0 Å². The molecular weight excluding hydrogens is 250 g/mol. The monoisotopic (exact) mass is 279 g/mol. The van der Waals surface area contributed by atoms with Gasteiger partial charge in [0.15, 0.2) is 0 Å². The molecule has 0 bridgehead atoms. The predicted octanol–water partition coefficient (Wildman–Crippen LogP) is 1.75. The summed E-state index contributed by atoms with van der Waals surface area (Å²) in [4.78, 5) is 2.56. The Morgan fingerprint density at radius 2 is 1.95 bits per heavy atom. The van der Waals surface area contributed by atoms with Gasteiger partial charge >= 0.3 is 0 Å². The summed E-state index contributed by atoms with van der Waals surface area (Å²) in [5.74, 6) is 1.64. The molecule has 0 spiro atoms. The number of rotatable bonds is 6. The molecule has 1 aliphatic rings. The number of nitrogens with one attached hydrogen (secondary N) is 1. The average molecular weight is 279 g/mol. The van der Waals surface area contributed by atoms with E-state index in [0.29, 0.717) is 6.04 Å². The first kappa shape index (κ1) is 15.4. The molecule has 2 rings (SSSR count). The number of nitrogens with zero attached hydrogens (tertiary/aromatic N) is 4. The zero-order chi connectivity index (χ0) is 14.5. The van der Waals surface area contributed by atoms with Gasteiger partial charge in [-0.3, -0.25) is 4.68 Å². The molecule has 2 heterocycles. The van der Waals surface area contributed by atoms with E-state index in [9.17, 15) is 0 Å². The van der Waals surface area contributed by atoms with Gasteiger partial charge in [0.25, 0.3) is 0 Å². The van der Waals surface area contributed by atoms with Crippen molar-refractivity contribution in [3.05, 3.63) is 11.9 Å². The lowest BCUT2D eigenvalue weighted by Gasteiger charge is -2.34. The van der Waals surface area contributed by atoms with Gasteiger partial charge in [0, 0.05) is 38.4 Å². The Hall–Kier alpha value is -0.940. The summed E-state index contributed by atoms with van der Waals surface area (Å²) in [7, 11) is 0. The quantitative estimate of drug-likeness (QED) is 0.862. The molecule has 2 atom stereocenters. The minimum absolute atomic E-state index is 0.483. The standard InChI is InChI=1S/C15H29N5/c1-12(2)16-8-15-11-20(18-17-15)6-5-19-9-13(3)7-14(4)10-19/h11-14,16H,5-10H2,1-4H3. The Morgan fingerprint density at radius 3 is 2.60 bits per heavy atom. The van der Waals surface area contributed by atoms with E-state index < -0.39 is 0 Å². The first-order valence-corrected chi connectivity index (χ1v) is 7.87. The smallest absolute Gasteiger partial charge is 0.0964 e. The molecule has 0 aromatic carbocycles. The van der Waals surface area contributed by atoms with Crippen LogP contribution in [0.15, 0.2) is 6.20 Å². The molecule has 5 nitrogen and oxygen atoms in total. The molecule has 1 saturated heterocycles. The van der Waals surface area contributed by atoms with Gasteiger partial charge in [-0.2, -0.15) is 0 Å². The molecule has 1 fully saturated rings. The third-order valence-corrected chi connectivity index (χ3v) is 3.87. The van der Waals surface area contributed by atoms with Crippen molar-refractivity contribution in [3.63, 3.8) is 0 Å². The molecule has 0 radical (unpaired) electrons. The van der Waals surface area contributed by atoms with E-state index in [1.165, 1.54) is 19.5 Å². The molecule has 114 valence electrons. The maximum absolute atomic E-state index is 4.22. The third kappa shape index (κ3) is 4.87. The molecule has 1 N–H and O–H groups in total. The summed E-state index contributed by atoms with van der Waals surface area (Å²) in [5, 5.41) is 11.8. The van der Waals surface area contributed by atoms with E-state index in [1.54, 1.807) is 0 Å². The van der Waals surface area contributed by atoms with Crippen molar-refractivity contribution in [2.45, 2.75) is 53.2 Å². The lowest BCUT2D eigenvalue weighted by molar-refractivity contribution is 0.135. The summed E-state index contributed by atoms with van der Waals surface area (Å²) in [6.45, 7) is 14.3. The number of aromatic nitrogens is 3. The maximum atomic E-state index is 4.22. The molecule has 0 saturated carbocycles. The Labute approximate surface area is 122 Å². The average Bonchev–Trinajstić information content (AvgIpc) is 2.81. The molecule has 5 heteroatoms. The van der Waals surface area contributed by atoms with Crippen LogP contribution in [-0.4, -0.2) is 45.6 Å². The molecule has 1 aliphatic heterocycles. The molecule has 0 aliphatic carbocycles. The van der Waals surface area contributed by atoms with Crippen molar-refractivity contribution >= 4 is 0 Å². The molecule has 1 aromatic rings. The summed E-state index contributed by atoms with van der Waals surface area (Å²) < 4.78 is 1.97. The summed E-state index contributed by atoms with van der Waals surface area (Å²) in [6.07, 6.45) is 3.43. The molecule has 20 heavy (non-hydrogen) atoms. The van der Waals surface area contributed by atoms with Gasteiger partial charge in [-0.25, -0.2) is 0 Å². The lowest BCUT2D eigenvalue weighted by Crippen LogP contribution is -2.40. The van der Waals surface area contributed by atoms with Crippen LogP contribution in [0.5, 0.6) is 0 Å². The highest BCUT2D eigenvalue weighted by molar-refractivity contribution is 4.92. The molecule has 1 aromatic heterocycles. The van der Waals surface area contributed by atoms with E-state index in [2.05, 4.69) is 54.4 Å². The second-order valence-corrected chi connectivity index (χ2v) is 6.71. The number of likely N-dealkylation sites (tertiary alicyclic amines) is 1. The van der Waals surface area contributed by atoms with E-state index in [-0.39, 0.29) is 0 Å². The Bertz CT molecular complexity index is 391. The zero-order valence-electron chi connectivity index (χ0n) is 13.3. The SMILES string of the molecule is CC1CC(C)CN(CCn2cc(CNC(C)C)nn2)C1. The fraction of sp³-hybridized carbons (Fsp3) is 0.867. The topological polar surface area (TPSA) is 46.0 Å². The van der Waals surface area contributed by atoms with Crippen molar-refractivity contribution in [1.82, 2.24) is 25.2 Å². The third-order valence-electron chi connectivity index (χ3n) is 3.87. The van der Waals surface area contributed by atoms with Crippen LogP contribution in [0.1, 0.15) is 39.8 Å². The zero-order valence-corrected chi connectivity index (χ0v) is 13.3. The normalized spacial score (nSPS) is 24.4. The van der Waals surface area contributed by atoms with Gasteiger partial charge in [0.05, 0.1) is 12.2 Å². The molecule has 2 unspecified atom stereocenters. The minimum atomic E-state index is 0.483. The van der Waals surface area contributed by atoms with Crippen LogP contribution in [-0.2, 0) is 13.1 Å². The van der Waals surface area contributed by atoms with Crippen LogP contribution in [0.3, 0.4) is 0 Å². The van der Waals surface area contributed by atoms with Crippen molar-refractivity contribution in [1.29, 1.82) is 0 Å². The second kappa shape index (κ2) is 7.18.